The molecule has 0 N–H and O–H groups in total. The molecule has 3 heterocycles. The molecule has 0 aliphatic carbocycles. The second-order valence-corrected chi connectivity index (χ2v) is 10.1. The van der Waals surface area contributed by atoms with Crippen molar-refractivity contribution in [2.45, 2.75) is 121 Å². The lowest BCUT2D eigenvalue weighted by molar-refractivity contribution is -0.233. The minimum atomic E-state index is -0.740. The van der Waals surface area contributed by atoms with Crippen LogP contribution in [-0.4, -0.2) is 42.5 Å². The van der Waals surface area contributed by atoms with E-state index in [0.717, 1.165) is 31.2 Å². The SMILES string of the molecule is CC1(C)O[C@H]2O[C@H]([C@H]3CC/C=C\CCCCCCCCC(=O)O3)[C@H](OCc3ccccc3)[C@H]2O1. The predicted molar refractivity (Wildman–Crippen MR) is 129 cm³/mol. The van der Waals surface area contributed by atoms with E-state index in [4.69, 9.17) is 23.7 Å². The molecule has 0 radical (unpaired) electrons. The molecule has 0 saturated carbocycles. The summed E-state index contributed by atoms with van der Waals surface area (Å²) in [6.07, 6.45) is 12.2. The Morgan fingerprint density at radius 1 is 0.912 bits per heavy atom. The smallest absolute Gasteiger partial charge is 0.306 e. The van der Waals surface area contributed by atoms with E-state index in [1.807, 2.05) is 44.2 Å². The molecule has 6 heteroatoms. The average Bonchev–Trinajstić information content (AvgIpc) is 3.29. The van der Waals surface area contributed by atoms with Crippen LogP contribution in [0.1, 0.15) is 83.6 Å². The Morgan fingerprint density at radius 2 is 1.65 bits per heavy atom. The molecule has 3 aliphatic heterocycles. The zero-order valence-electron chi connectivity index (χ0n) is 20.7. The summed E-state index contributed by atoms with van der Waals surface area (Å²) < 4.78 is 30.9. The van der Waals surface area contributed by atoms with Crippen LogP contribution in [0.3, 0.4) is 0 Å². The van der Waals surface area contributed by atoms with Crippen LogP contribution in [0.5, 0.6) is 0 Å². The Kier molecular flexibility index (Phi) is 9.17. The third-order valence-corrected chi connectivity index (χ3v) is 6.75. The number of carbonyl (C=O) groups excluding carboxylic acids is 1. The first-order valence-electron chi connectivity index (χ1n) is 13.0. The number of benzene rings is 1. The summed E-state index contributed by atoms with van der Waals surface area (Å²) in [7, 11) is 0. The molecule has 0 aromatic heterocycles. The van der Waals surface area contributed by atoms with Crippen LogP contribution in [0, 0.1) is 0 Å². The first-order chi connectivity index (χ1) is 16.5. The van der Waals surface area contributed by atoms with Crippen LogP contribution in [0.25, 0.3) is 0 Å². The van der Waals surface area contributed by atoms with Crippen LogP contribution >= 0.6 is 0 Å². The number of allylic oxidation sites excluding steroid dienone is 2. The van der Waals surface area contributed by atoms with Gasteiger partial charge in [-0.3, -0.25) is 4.79 Å². The molecule has 1 aromatic carbocycles. The van der Waals surface area contributed by atoms with Gasteiger partial charge in [0.1, 0.15) is 24.4 Å². The average molecular weight is 473 g/mol. The molecule has 0 spiro atoms. The van der Waals surface area contributed by atoms with Gasteiger partial charge in [0, 0.05) is 6.42 Å². The van der Waals surface area contributed by atoms with Gasteiger partial charge in [-0.2, -0.15) is 0 Å². The molecule has 34 heavy (non-hydrogen) atoms. The molecule has 1 aromatic rings. The fourth-order valence-electron chi connectivity index (χ4n) is 5.01. The number of ether oxygens (including phenoxy) is 5. The fraction of sp³-hybridized carbons (Fsp3) is 0.679. The monoisotopic (exact) mass is 472 g/mol. The fourth-order valence-corrected chi connectivity index (χ4v) is 5.01. The van der Waals surface area contributed by atoms with Gasteiger partial charge in [-0.25, -0.2) is 0 Å². The van der Waals surface area contributed by atoms with Gasteiger partial charge in [0.25, 0.3) is 0 Å². The molecule has 4 rings (SSSR count). The van der Waals surface area contributed by atoms with E-state index in [0.29, 0.717) is 19.4 Å². The lowest BCUT2D eigenvalue weighted by Crippen LogP contribution is -2.44. The van der Waals surface area contributed by atoms with Crippen LogP contribution < -0.4 is 0 Å². The summed E-state index contributed by atoms with van der Waals surface area (Å²) in [5.74, 6) is -0.899. The summed E-state index contributed by atoms with van der Waals surface area (Å²) in [6.45, 7) is 4.19. The topological polar surface area (TPSA) is 63.2 Å². The van der Waals surface area contributed by atoms with Crippen LogP contribution in [0.4, 0.5) is 0 Å². The Morgan fingerprint density at radius 3 is 2.47 bits per heavy atom. The number of rotatable bonds is 4. The van der Waals surface area contributed by atoms with Crippen LogP contribution in [-0.2, 0) is 35.1 Å². The molecule has 5 atom stereocenters. The normalized spacial score (nSPS) is 33.9. The van der Waals surface area contributed by atoms with Crippen molar-refractivity contribution in [3.8, 4) is 0 Å². The van der Waals surface area contributed by atoms with Crippen molar-refractivity contribution in [3.05, 3.63) is 48.0 Å². The molecular weight excluding hydrogens is 432 g/mol. The molecule has 188 valence electrons. The maximum Gasteiger partial charge on any atom is 0.306 e. The van der Waals surface area contributed by atoms with Gasteiger partial charge < -0.3 is 23.7 Å². The molecule has 0 bridgehead atoms. The predicted octanol–water partition coefficient (Wildman–Crippen LogP) is 5.83. The number of hydrogen-bond donors (Lipinski definition) is 0. The van der Waals surface area contributed by atoms with Crippen molar-refractivity contribution in [1.82, 2.24) is 0 Å². The standard InChI is InChI=1S/C28H40O6/c1-28(2)33-26-25(30-20-21-16-12-11-13-17-21)24(32-27(26)34-28)22-18-14-9-7-5-3-4-6-8-10-15-19-23(29)31-22/h7,9,11-13,16-17,22,24-27H,3-6,8,10,14-15,18-20H2,1-2H3/b9-7-/t22-,24-,25+,26-,27-/m1/s1. The van der Waals surface area contributed by atoms with Crippen molar-refractivity contribution in [1.29, 1.82) is 0 Å². The highest BCUT2D eigenvalue weighted by Gasteiger charge is 2.57. The Balaban J connectivity index is 1.48. The number of fused-ring (bicyclic) bond motifs is 1. The van der Waals surface area contributed by atoms with Gasteiger partial charge in [-0.05, 0) is 51.5 Å². The quantitative estimate of drug-likeness (QED) is 0.406. The first kappa shape index (κ1) is 25.4. The molecular formula is C28H40O6. The first-order valence-corrected chi connectivity index (χ1v) is 13.0. The molecule has 6 nitrogen and oxygen atoms in total. The summed E-state index contributed by atoms with van der Waals surface area (Å²) >= 11 is 0. The summed E-state index contributed by atoms with van der Waals surface area (Å²) in [5, 5.41) is 0. The Labute approximate surface area is 203 Å². The lowest BCUT2D eigenvalue weighted by Gasteiger charge is -2.31. The second kappa shape index (κ2) is 12.3. The Hall–Kier alpha value is -1.73. The molecule has 2 fully saturated rings. The maximum absolute atomic E-state index is 12.7. The van der Waals surface area contributed by atoms with Crippen molar-refractivity contribution < 1.29 is 28.5 Å². The van der Waals surface area contributed by atoms with E-state index >= 15 is 0 Å². The van der Waals surface area contributed by atoms with Gasteiger partial charge in [-0.15, -0.1) is 0 Å². The number of esters is 1. The highest BCUT2D eigenvalue weighted by molar-refractivity contribution is 5.69. The largest absolute Gasteiger partial charge is 0.459 e. The zero-order valence-corrected chi connectivity index (χ0v) is 20.7. The van der Waals surface area contributed by atoms with Gasteiger partial charge in [0.15, 0.2) is 12.1 Å². The highest BCUT2D eigenvalue weighted by Crippen LogP contribution is 2.41. The van der Waals surface area contributed by atoms with Gasteiger partial charge in [-0.1, -0.05) is 68.2 Å². The minimum absolute atomic E-state index is 0.159. The lowest BCUT2D eigenvalue weighted by atomic mass is 10.0. The number of carbonyl (C=O) groups is 1. The van der Waals surface area contributed by atoms with Crippen LogP contribution in [0.15, 0.2) is 42.5 Å². The zero-order chi connectivity index (χ0) is 23.8. The van der Waals surface area contributed by atoms with E-state index < -0.39 is 30.4 Å². The van der Waals surface area contributed by atoms with Crippen molar-refractivity contribution in [2.75, 3.05) is 0 Å². The van der Waals surface area contributed by atoms with Crippen molar-refractivity contribution in [3.63, 3.8) is 0 Å². The van der Waals surface area contributed by atoms with E-state index in [9.17, 15) is 4.79 Å². The van der Waals surface area contributed by atoms with E-state index in [1.54, 1.807) is 0 Å². The second-order valence-electron chi connectivity index (χ2n) is 10.1. The molecule has 0 unspecified atom stereocenters. The summed E-state index contributed by atoms with van der Waals surface area (Å²) in [6, 6.07) is 10.1. The van der Waals surface area contributed by atoms with Gasteiger partial charge in [0.2, 0.25) is 0 Å². The minimum Gasteiger partial charge on any atom is -0.459 e. The highest BCUT2D eigenvalue weighted by atomic mass is 16.8. The maximum atomic E-state index is 12.7. The van der Waals surface area contributed by atoms with E-state index in [1.165, 1.54) is 25.7 Å². The van der Waals surface area contributed by atoms with Crippen LogP contribution in [0.2, 0.25) is 0 Å². The number of cyclic esters (lactones) is 1. The molecule has 0 amide bonds. The summed E-state index contributed by atoms with van der Waals surface area (Å²) in [4.78, 5) is 12.7. The van der Waals surface area contributed by atoms with E-state index in [-0.39, 0.29) is 12.1 Å². The molecule has 3 aliphatic rings. The summed E-state index contributed by atoms with van der Waals surface area (Å²) in [5.41, 5.74) is 1.07. The van der Waals surface area contributed by atoms with Gasteiger partial charge in [0.05, 0.1) is 6.61 Å². The molecule has 2 saturated heterocycles. The van der Waals surface area contributed by atoms with Crippen molar-refractivity contribution in [2.24, 2.45) is 0 Å². The van der Waals surface area contributed by atoms with Gasteiger partial charge >= 0.3 is 5.97 Å². The third kappa shape index (κ3) is 7.14. The van der Waals surface area contributed by atoms with Crippen molar-refractivity contribution >= 4 is 5.97 Å². The number of hydrogen-bond acceptors (Lipinski definition) is 6. The third-order valence-electron chi connectivity index (χ3n) is 6.75. The van der Waals surface area contributed by atoms with E-state index in [2.05, 4.69) is 12.2 Å². The Bertz CT molecular complexity index is 791.